The summed E-state index contributed by atoms with van der Waals surface area (Å²) >= 11 is 3.36. The normalized spacial score (nSPS) is 28.9. The number of fused-ring (bicyclic) bond motifs is 1. The van der Waals surface area contributed by atoms with E-state index in [1.165, 1.54) is 0 Å². The van der Waals surface area contributed by atoms with Crippen molar-refractivity contribution < 1.29 is 19.1 Å². The van der Waals surface area contributed by atoms with Crippen LogP contribution in [0.15, 0.2) is 53.0 Å². The van der Waals surface area contributed by atoms with Crippen LogP contribution in [0.25, 0.3) is 0 Å². The molecule has 2 N–H and O–H groups in total. The second-order valence-electron chi connectivity index (χ2n) is 7.95. The van der Waals surface area contributed by atoms with Crippen molar-refractivity contribution in [3.63, 3.8) is 0 Å². The number of halogens is 1. The van der Waals surface area contributed by atoms with Crippen LogP contribution < -0.4 is 10.6 Å². The van der Waals surface area contributed by atoms with Crippen LogP contribution in [-0.4, -0.2) is 23.9 Å². The minimum Gasteiger partial charge on any atom is -0.462 e. The van der Waals surface area contributed by atoms with E-state index in [0.29, 0.717) is 16.9 Å². The number of benzene rings is 2. The van der Waals surface area contributed by atoms with Gasteiger partial charge in [0.15, 0.2) is 0 Å². The third-order valence-corrected chi connectivity index (χ3v) is 6.81. The molecular weight excluding hydrogens is 436 g/mol. The highest BCUT2D eigenvalue weighted by Gasteiger charge is 2.63. The fourth-order valence-electron chi connectivity index (χ4n) is 5.06. The molecule has 7 heteroatoms. The van der Waals surface area contributed by atoms with Crippen LogP contribution in [0.3, 0.4) is 0 Å². The summed E-state index contributed by atoms with van der Waals surface area (Å²) < 4.78 is 6.34. The van der Waals surface area contributed by atoms with E-state index in [4.69, 9.17) is 4.74 Å². The Balaban J connectivity index is 1.29. The van der Waals surface area contributed by atoms with Gasteiger partial charge in [0, 0.05) is 27.3 Å². The van der Waals surface area contributed by atoms with Gasteiger partial charge in [-0.1, -0.05) is 22.0 Å². The van der Waals surface area contributed by atoms with Gasteiger partial charge >= 0.3 is 5.97 Å². The maximum absolute atomic E-state index is 12.9. The first-order valence-electron chi connectivity index (χ1n) is 9.68. The Morgan fingerprint density at radius 3 is 2.59 bits per heavy atom. The molecule has 2 amide bonds. The highest BCUT2D eigenvalue weighted by molar-refractivity contribution is 9.10. The molecule has 1 aliphatic heterocycles. The molecule has 1 saturated heterocycles. The number of rotatable bonds is 4. The van der Waals surface area contributed by atoms with Gasteiger partial charge in [-0.2, -0.15) is 0 Å². The van der Waals surface area contributed by atoms with Crippen LogP contribution in [0.2, 0.25) is 0 Å². The van der Waals surface area contributed by atoms with Gasteiger partial charge in [0.25, 0.3) is 5.91 Å². The Hall–Kier alpha value is -2.67. The lowest BCUT2D eigenvalue weighted by atomic mass is 9.79. The monoisotopic (exact) mass is 454 g/mol. The van der Waals surface area contributed by atoms with E-state index in [2.05, 4.69) is 26.6 Å². The molecular formula is C22H19BrN2O4. The number of amides is 2. The summed E-state index contributed by atoms with van der Waals surface area (Å²) in [4.78, 5) is 37.6. The first-order chi connectivity index (χ1) is 14.0. The number of hydrogen-bond acceptors (Lipinski definition) is 4. The first kappa shape index (κ1) is 18.4. The lowest BCUT2D eigenvalue weighted by Crippen LogP contribution is -2.35. The van der Waals surface area contributed by atoms with Gasteiger partial charge in [-0.3, -0.25) is 14.4 Å². The van der Waals surface area contributed by atoms with Gasteiger partial charge in [0.2, 0.25) is 5.91 Å². The van der Waals surface area contributed by atoms with Gasteiger partial charge in [-0.15, -0.1) is 0 Å². The predicted molar refractivity (Wildman–Crippen MR) is 110 cm³/mol. The molecule has 2 bridgehead atoms. The van der Waals surface area contributed by atoms with Crippen molar-refractivity contribution in [2.45, 2.75) is 18.9 Å². The smallest absolute Gasteiger partial charge is 0.310 e. The molecule has 0 aromatic heterocycles. The zero-order valence-electron chi connectivity index (χ0n) is 15.4. The number of nitrogens with one attached hydrogen (secondary N) is 2. The standard InChI is InChI=1S/C22H19BrN2O4/c23-13-4-6-14(7-5-13)24-20(26)11-2-1-3-15(8-11)25-21(27)18-12-9-16-17(10-12)29-22(28)19(16)18/h1-8,12,16-19H,9-10H2,(H,24,26)(H,25,27)/t12-,16+,17+,18-,19+/m1/s1. The number of hydrogen-bond donors (Lipinski definition) is 2. The van der Waals surface area contributed by atoms with E-state index in [1.54, 1.807) is 36.4 Å². The summed E-state index contributed by atoms with van der Waals surface area (Å²) in [5.74, 6) is -0.927. The third-order valence-electron chi connectivity index (χ3n) is 6.28. The molecule has 29 heavy (non-hydrogen) atoms. The topological polar surface area (TPSA) is 84.5 Å². The van der Waals surface area contributed by atoms with E-state index < -0.39 is 0 Å². The Morgan fingerprint density at radius 1 is 1.00 bits per heavy atom. The fraction of sp³-hybridized carbons (Fsp3) is 0.318. The minimum atomic E-state index is -0.341. The summed E-state index contributed by atoms with van der Waals surface area (Å²) in [6.45, 7) is 0. The second-order valence-corrected chi connectivity index (χ2v) is 8.87. The Bertz CT molecular complexity index is 1000. The van der Waals surface area contributed by atoms with E-state index in [-0.39, 0.29) is 47.6 Å². The quantitative estimate of drug-likeness (QED) is 0.687. The number of anilines is 2. The minimum absolute atomic E-state index is 0.00665. The van der Waals surface area contributed by atoms with Crippen molar-refractivity contribution in [3.8, 4) is 0 Å². The van der Waals surface area contributed by atoms with E-state index in [9.17, 15) is 14.4 Å². The van der Waals surface area contributed by atoms with Crippen LogP contribution in [-0.2, 0) is 14.3 Å². The fourth-order valence-corrected chi connectivity index (χ4v) is 5.33. The molecule has 2 aliphatic carbocycles. The van der Waals surface area contributed by atoms with Crippen molar-refractivity contribution >= 4 is 45.1 Å². The zero-order valence-corrected chi connectivity index (χ0v) is 17.0. The third kappa shape index (κ3) is 3.23. The number of carbonyl (C=O) groups excluding carboxylic acids is 3. The van der Waals surface area contributed by atoms with Crippen LogP contribution in [0, 0.1) is 23.7 Å². The molecule has 6 nitrogen and oxygen atoms in total. The molecule has 2 saturated carbocycles. The van der Waals surface area contributed by atoms with Crippen molar-refractivity contribution in [1.82, 2.24) is 0 Å². The van der Waals surface area contributed by atoms with E-state index in [1.807, 2.05) is 12.1 Å². The van der Waals surface area contributed by atoms with Crippen molar-refractivity contribution in [2.24, 2.45) is 23.7 Å². The van der Waals surface area contributed by atoms with Crippen molar-refractivity contribution in [1.29, 1.82) is 0 Å². The van der Waals surface area contributed by atoms with Gasteiger partial charge in [0.05, 0.1) is 11.8 Å². The summed E-state index contributed by atoms with van der Waals surface area (Å²) in [5, 5.41) is 5.74. The van der Waals surface area contributed by atoms with Gasteiger partial charge in [0.1, 0.15) is 6.10 Å². The van der Waals surface area contributed by atoms with Gasteiger partial charge < -0.3 is 15.4 Å². The Morgan fingerprint density at radius 2 is 1.79 bits per heavy atom. The summed E-state index contributed by atoms with van der Waals surface area (Å²) in [5.41, 5.74) is 1.67. The Kier molecular flexibility index (Phi) is 4.42. The number of carbonyl (C=O) groups is 3. The molecule has 148 valence electrons. The summed E-state index contributed by atoms with van der Waals surface area (Å²) in [6.07, 6.45) is 1.67. The molecule has 2 aromatic carbocycles. The summed E-state index contributed by atoms with van der Waals surface area (Å²) in [6, 6.07) is 14.1. The molecule has 3 fully saturated rings. The highest BCUT2D eigenvalue weighted by Crippen LogP contribution is 2.57. The van der Waals surface area contributed by atoms with E-state index >= 15 is 0 Å². The molecule has 0 spiro atoms. The van der Waals surface area contributed by atoms with Crippen molar-refractivity contribution in [2.75, 3.05) is 10.6 Å². The lowest BCUT2D eigenvalue weighted by Gasteiger charge is -2.23. The largest absolute Gasteiger partial charge is 0.462 e. The SMILES string of the molecule is O=C(Nc1ccc(Br)cc1)c1cccc(NC(=O)[C@@H]2[C@@H]3C[C@@H]4[C@@H]2C(=O)O[C@H]4C3)c1. The molecule has 0 radical (unpaired) electrons. The van der Waals surface area contributed by atoms with Crippen LogP contribution in [0.5, 0.6) is 0 Å². The average Bonchev–Trinajstić information content (AvgIpc) is 3.32. The predicted octanol–water partition coefficient (Wildman–Crippen LogP) is 3.84. The van der Waals surface area contributed by atoms with Crippen LogP contribution in [0.1, 0.15) is 23.2 Å². The zero-order chi connectivity index (χ0) is 20.1. The number of ether oxygens (including phenoxy) is 1. The molecule has 5 rings (SSSR count). The second kappa shape index (κ2) is 6.99. The van der Waals surface area contributed by atoms with Gasteiger partial charge in [-0.25, -0.2) is 0 Å². The Labute approximate surface area is 176 Å². The maximum Gasteiger partial charge on any atom is 0.310 e. The van der Waals surface area contributed by atoms with Gasteiger partial charge in [-0.05, 0) is 61.2 Å². The molecule has 2 aromatic rings. The molecule has 1 heterocycles. The lowest BCUT2D eigenvalue weighted by molar-refractivity contribution is -0.145. The summed E-state index contributed by atoms with van der Waals surface area (Å²) in [7, 11) is 0. The maximum atomic E-state index is 12.9. The molecule has 0 unspecified atom stereocenters. The first-order valence-corrected chi connectivity index (χ1v) is 10.5. The molecule has 5 atom stereocenters. The van der Waals surface area contributed by atoms with Crippen molar-refractivity contribution in [3.05, 3.63) is 58.6 Å². The van der Waals surface area contributed by atoms with E-state index in [0.717, 1.165) is 17.3 Å². The average molecular weight is 455 g/mol. The van der Waals surface area contributed by atoms with Crippen LogP contribution >= 0.6 is 15.9 Å². The van der Waals surface area contributed by atoms with Crippen LogP contribution in [0.4, 0.5) is 11.4 Å². The highest BCUT2D eigenvalue weighted by atomic mass is 79.9. The number of esters is 1. The molecule has 3 aliphatic rings.